The lowest BCUT2D eigenvalue weighted by atomic mass is 10.1. The Morgan fingerprint density at radius 1 is 1.44 bits per heavy atom. The van der Waals surface area contributed by atoms with E-state index >= 15 is 0 Å². The minimum Gasteiger partial charge on any atom is -0.491 e. The average molecular weight is 344 g/mol. The van der Waals surface area contributed by atoms with Crippen LogP contribution < -0.4 is 15.4 Å². The van der Waals surface area contributed by atoms with E-state index in [0.717, 1.165) is 31.5 Å². The van der Waals surface area contributed by atoms with Crippen molar-refractivity contribution in [2.24, 2.45) is 0 Å². The molecule has 1 atom stereocenters. The molecule has 1 aromatic heterocycles. The second-order valence-corrected chi connectivity index (χ2v) is 6.07. The number of ether oxygens (including phenoxy) is 1. The number of aromatic nitrogens is 2. The van der Waals surface area contributed by atoms with Gasteiger partial charge >= 0.3 is 0 Å². The molecule has 1 amide bonds. The minimum absolute atomic E-state index is 0.0457. The summed E-state index contributed by atoms with van der Waals surface area (Å²) in [7, 11) is 0. The lowest BCUT2D eigenvalue weighted by Crippen LogP contribution is -2.31. The number of hydrogen-bond donors (Lipinski definition) is 3. The lowest BCUT2D eigenvalue weighted by molar-refractivity contribution is 0.0950. The number of nitrogens with zero attached hydrogens (tertiary/aromatic N) is 2. The number of rotatable bonds is 7. The van der Waals surface area contributed by atoms with Crippen molar-refractivity contribution in [3.8, 4) is 5.75 Å². The Morgan fingerprint density at radius 3 is 3.12 bits per heavy atom. The first kappa shape index (κ1) is 17.4. The van der Waals surface area contributed by atoms with Crippen LogP contribution in [-0.2, 0) is 6.54 Å². The van der Waals surface area contributed by atoms with Gasteiger partial charge in [0.15, 0.2) is 0 Å². The monoisotopic (exact) mass is 344 g/mol. The number of carbonyl (C=O) groups is 1. The topological polar surface area (TPSA) is 88.4 Å². The molecule has 7 heteroatoms. The molecule has 1 aliphatic heterocycles. The Balaban J connectivity index is 1.59. The van der Waals surface area contributed by atoms with E-state index in [1.165, 1.54) is 0 Å². The van der Waals surface area contributed by atoms with E-state index in [-0.39, 0.29) is 19.1 Å². The van der Waals surface area contributed by atoms with Crippen molar-refractivity contribution in [1.82, 2.24) is 20.4 Å². The van der Waals surface area contributed by atoms with E-state index < -0.39 is 0 Å². The number of nitrogens with one attached hydrogen (secondary N) is 2. The Morgan fingerprint density at radius 2 is 2.32 bits per heavy atom. The van der Waals surface area contributed by atoms with Gasteiger partial charge in [-0.25, -0.2) is 0 Å². The number of benzene rings is 1. The smallest absolute Gasteiger partial charge is 0.254 e. The Bertz CT molecular complexity index is 695. The van der Waals surface area contributed by atoms with Gasteiger partial charge in [0.1, 0.15) is 12.4 Å². The van der Waals surface area contributed by atoms with Crippen LogP contribution in [0.15, 0.2) is 36.7 Å². The van der Waals surface area contributed by atoms with Crippen LogP contribution in [0.2, 0.25) is 0 Å². The third-order valence-corrected chi connectivity index (χ3v) is 4.27. The fraction of sp³-hybridized carbons (Fsp3) is 0.444. The second-order valence-electron chi connectivity index (χ2n) is 6.07. The van der Waals surface area contributed by atoms with Crippen LogP contribution in [0.5, 0.6) is 5.75 Å². The summed E-state index contributed by atoms with van der Waals surface area (Å²) in [6.45, 7) is 2.47. The standard InChI is InChI=1S/C18H24N4O3/c23-8-9-25-17-6-2-1-4-14(17)10-20-18(24)15-11-21-22(13-15)16-5-3-7-19-12-16/h1-2,4,6,11,13,16,19,23H,3,5,7-10,12H2,(H,20,24). The first-order valence-corrected chi connectivity index (χ1v) is 8.62. The Labute approximate surface area is 147 Å². The van der Waals surface area contributed by atoms with E-state index in [1.807, 2.05) is 28.9 Å². The molecule has 3 N–H and O–H groups in total. The quantitative estimate of drug-likeness (QED) is 0.700. The van der Waals surface area contributed by atoms with E-state index in [1.54, 1.807) is 12.4 Å². The summed E-state index contributed by atoms with van der Waals surface area (Å²) in [6, 6.07) is 7.78. The maximum atomic E-state index is 12.4. The highest BCUT2D eigenvalue weighted by atomic mass is 16.5. The van der Waals surface area contributed by atoms with E-state index in [9.17, 15) is 4.79 Å². The molecule has 0 spiro atoms. The summed E-state index contributed by atoms with van der Waals surface area (Å²) in [5.74, 6) is 0.507. The maximum absolute atomic E-state index is 12.4. The van der Waals surface area contributed by atoms with Crippen LogP contribution in [-0.4, -0.2) is 47.1 Å². The summed E-state index contributed by atoms with van der Waals surface area (Å²) >= 11 is 0. The zero-order valence-corrected chi connectivity index (χ0v) is 14.1. The van der Waals surface area contributed by atoms with Crippen molar-refractivity contribution in [3.05, 3.63) is 47.8 Å². The van der Waals surface area contributed by atoms with Crippen LogP contribution in [0.4, 0.5) is 0 Å². The summed E-state index contributed by atoms with van der Waals surface area (Å²) in [5.41, 5.74) is 1.42. The fourth-order valence-electron chi connectivity index (χ4n) is 2.94. The van der Waals surface area contributed by atoms with Crippen molar-refractivity contribution in [1.29, 1.82) is 0 Å². The molecule has 1 aliphatic rings. The van der Waals surface area contributed by atoms with Crippen LogP contribution in [0.25, 0.3) is 0 Å². The van der Waals surface area contributed by atoms with Gasteiger partial charge in [0.05, 0.1) is 24.4 Å². The normalized spacial score (nSPS) is 17.2. The number of amides is 1. The van der Waals surface area contributed by atoms with Gasteiger partial charge in [0.2, 0.25) is 0 Å². The summed E-state index contributed by atoms with van der Waals surface area (Å²) in [4.78, 5) is 12.4. The Kier molecular flexibility index (Phi) is 6.03. The van der Waals surface area contributed by atoms with Crippen molar-refractivity contribution < 1.29 is 14.6 Å². The van der Waals surface area contributed by atoms with Gasteiger partial charge in [0.25, 0.3) is 5.91 Å². The molecular formula is C18H24N4O3. The summed E-state index contributed by atoms with van der Waals surface area (Å²) in [6.07, 6.45) is 5.61. The van der Waals surface area contributed by atoms with E-state index in [4.69, 9.17) is 9.84 Å². The number of aliphatic hydroxyl groups excluding tert-OH is 1. The number of carbonyl (C=O) groups excluding carboxylic acids is 1. The second kappa shape index (κ2) is 8.64. The zero-order valence-electron chi connectivity index (χ0n) is 14.1. The Hall–Kier alpha value is -2.38. The highest BCUT2D eigenvalue weighted by molar-refractivity contribution is 5.93. The summed E-state index contributed by atoms with van der Waals surface area (Å²) in [5, 5.41) is 19.5. The van der Waals surface area contributed by atoms with Gasteiger partial charge in [-0.1, -0.05) is 18.2 Å². The molecule has 0 saturated carbocycles. The molecule has 0 aliphatic carbocycles. The number of para-hydroxylation sites is 1. The van der Waals surface area contributed by atoms with Gasteiger partial charge in [-0.15, -0.1) is 0 Å². The third-order valence-electron chi connectivity index (χ3n) is 4.27. The molecule has 2 heterocycles. The molecule has 1 fully saturated rings. The zero-order chi connectivity index (χ0) is 17.5. The third kappa shape index (κ3) is 4.58. The SMILES string of the molecule is O=C(NCc1ccccc1OCCO)c1cnn(C2CCCNC2)c1. The van der Waals surface area contributed by atoms with Crippen molar-refractivity contribution in [3.63, 3.8) is 0 Å². The molecule has 0 radical (unpaired) electrons. The molecule has 134 valence electrons. The minimum atomic E-state index is -0.160. The van der Waals surface area contributed by atoms with Crippen LogP contribution in [0.3, 0.4) is 0 Å². The van der Waals surface area contributed by atoms with Gasteiger partial charge in [-0.05, 0) is 25.5 Å². The molecule has 2 aromatic rings. The first-order chi connectivity index (χ1) is 12.3. The largest absolute Gasteiger partial charge is 0.491 e. The predicted octanol–water partition coefficient (Wildman–Crippen LogP) is 1.11. The predicted molar refractivity (Wildman–Crippen MR) is 93.6 cm³/mol. The van der Waals surface area contributed by atoms with Crippen molar-refractivity contribution >= 4 is 5.91 Å². The van der Waals surface area contributed by atoms with Gasteiger partial charge in [-0.3, -0.25) is 9.48 Å². The molecular weight excluding hydrogens is 320 g/mol. The maximum Gasteiger partial charge on any atom is 0.254 e. The van der Waals surface area contributed by atoms with E-state index in [0.29, 0.717) is 23.9 Å². The molecule has 25 heavy (non-hydrogen) atoms. The van der Waals surface area contributed by atoms with Gasteiger partial charge in [0, 0.05) is 24.8 Å². The molecule has 1 unspecified atom stereocenters. The van der Waals surface area contributed by atoms with Gasteiger partial charge in [-0.2, -0.15) is 5.10 Å². The highest BCUT2D eigenvalue weighted by Crippen LogP contribution is 2.18. The van der Waals surface area contributed by atoms with Crippen molar-refractivity contribution in [2.45, 2.75) is 25.4 Å². The first-order valence-electron chi connectivity index (χ1n) is 8.62. The summed E-state index contributed by atoms with van der Waals surface area (Å²) < 4.78 is 7.36. The van der Waals surface area contributed by atoms with Crippen LogP contribution in [0, 0.1) is 0 Å². The average Bonchev–Trinajstić information content (AvgIpc) is 3.16. The van der Waals surface area contributed by atoms with Gasteiger partial charge < -0.3 is 20.5 Å². The number of hydrogen-bond acceptors (Lipinski definition) is 5. The lowest BCUT2D eigenvalue weighted by Gasteiger charge is -2.22. The van der Waals surface area contributed by atoms with Crippen LogP contribution >= 0.6 is 0 Å². The molecule has 1 aromatic carbocycles. The van der Waals surface area contributed by atoms with Crippen LogP contribution in [0.1, 0.15) is 34.8 Å². The molecule has 7 nitrogen and oxygen atoms in total. The molecule has 3 rings (SSSR count). The van der Waals surface area contributed by atoms with E-state index in [2.05, 4.69) is 15.7 Å². The number of aliphatic hydroxyl groups is 1. The highest BCUT2D eigenvalue weighted by Gasteiger charge is 2.17. The molecule has 0 bridgehead atoms. The number of piperidine rings is 1. The molecule has 1 saturated heterocycles. The fourth-order valence-corrected chi connectivity index (χ4v) is 2.94. The van der Waals surface area contributed by atoms with Crippen molar-refractivity contribution in [2.75, 3.05) is 26.3 Å².